The lowest BCUT2D eigenvalue weighted by atomic mass is 9.95. The summed E-state index contributed by atoms with van der Waals surface area (Å²) in [5.74, 6) is 0.803. The number of hydrogen-bond donors (Lipinski definition) is 3. The smallest absolute Gasteiger partial charge is 0.228 e. The summed E-state index contributed by atoms with van der Waals surface area (Å²) in [5.41, 5.74) is -0.671. The van der Waals surface area contributed by atoms with E-state index in [1.165, 1.54) is 12.8 Å². The van der Waals surface area contributed by atoms with Gasteiger partial charge in [0, 0.05) is 13.6 Å². The molecule has 1 aliphatic rings. The average molecular weight is 286 g/mol. The molecule has 0 atom stereocenters. The predicted molar refractivity (Wildman–Crippen MR) is 75.5 cm³/mol. The lowest BCUT2D eigenvalue weighted by molar-refractivity contribution is 0.0379. The molecule has 0 radical (unpaired) electrons. The van der Waals surface area contributed by atoms with Gasteiger partial charge in [0.15, 0.2) is 0 Å². The topological polar surface area (TPSA) is 83.0 Å². The molecular formula is C12H20ClN5O. The number of halogens is 1. The van der Waals surface area contributed by atoms with Gasteiger partial charge in [0.2, 0.25) is 17.2 Å². The van der Waals surface area contributed by atoms with E-state index in [0.29, 0.717) is 18.4 Å². The van der Waals surface area contributed by atoms with E-state index in [1.54, 1.807) is 7.05 Å². The van der Waals surface area contributed by atoms with Gasteiger partial charge < -0.3 is 15.7 Å². The van der Waals surface area contributed by atoms with Crippen molar-refractivity contribution in [2.24, 2.45) is 0 Å². The van der Waals surface area contributed by atoms with E-state index in [-0.39, 0.29) is 5.28 Å². The van der Waals surface area contributed by atoms with Crippen LogP contribution >= 0.6 is 11.6 Å². The molecule has 1 heterocycles. The SMILES string of the molecule is CNc1nc(Cl)nc(NCC2(O)CCCCCC2)n1. The van der Waals surface area contributed by atoms with E-state index in [1.807, 2.05) is 0 Å². The molecule has 1 aromatic heterocycles. The third-order valence-corrected chi connectivity index (χ3v) is 3.61. The molecular weight excluding hydrogens is 266 g/mol. The molecule has 1 fully saturated rings. The van der Waals surface area contributed by atoms with E-state index in [4.69, 9.17) is 11.6 Å². The number of aliphatic hydroxyl groups is 1. The molecule has 19 heavy (non-hydrogen) atoms. The number of nitrogens with one attached hydrogen (secondary N) is 2. The van der Waals surface area contributed by atoms with Crippen molar-refractivity contribution in [2.75, 3.05) is 24.2 Å². The highest BCUT2D eigenvalue weighted by Gasteiger charge is 2.27. The Labute approximate surface area is 118 Å². The van der Waals surface area contributed by atoms with Crippen LogP contribution in [0.5, 0.6) is 0 Å². The summed E-state index contributed by atoms with van der Waals surface area (Å²) >= 11 is 5.81. The van der Waals surface area contributed by atoms with E-state index in [2.05, 4.69) is 25.6 Å². The molecule has 0 aliphatic heterocycles. The minimum absolute atomic E-state index is 0.134. The molecule has 1 aromatic rings. The molecule has 1 saturated carbocycles. The summed E-state index contributed by atoms with van der Waals surface area (Å²) < 4.78 is 0. The molecule has 0 aromatic carbocycles. The molecule has 6 nitrogen and oxygen atoms in total. The zero-order valence-electron chi connectivity index (χ0n) is 11.1. The van der Waals surface area contributed by atoms with Crippen LogP contribution in [0, 0.1) is 0 Å². The predicted octanol–water partition coefficient (Wildman–Crippen LogP) is 2.06. The maximum Gasteiger partial charge on any atom is 0.228 e. The standard InChI is InChI=1S/C12H20ClN5O/c1-14-10-16-9(13)17-11(18-10)15-8-12(19)6-4-2-3-5-7-12/h19H,2-8H2,1H3,(H2,14,15,16,17,18). The van der Waals surface area contributed by atoms with Gasteiger partial charge in [-0.1, -0.05) is 25.7 Å². The molecule has 7 heteroatoms. The van der Waals surface area contributed by atoms with Gasteiger partial charge in [0.1, 0.15) is 0 Å². The van der Waals surface area contributed by atoms with Crippen molar-refractivity contribution in [3.05, 3.63) is 5.28 Å². The van der Waals surface area contributed by atoms with Gasteiger partial charge in [-0.3, -0.25) is 0 Å². The highest BCUT2D eigenvalue weighted by Crippen LogP contribution is 2.27. The minimum Gasteiger partial charge on any atom is -0.388 e. The Balaban J connectivity index is 1.99. The Bertz CT molecular complexity index is 421. The van der Waals surface area contributed by atoms with Crippen molar-refractivity contribution in [3.8, 4) is 0 Å². The van der Waals surface area contributed by atoms with Crippen LogP contribution in [0.15, 0.2) is 0 Å². The second-order valence-corrected chi connectivity index (χ2v) is 5.33. The van der Waals surface area contributed by atoms with E-state index in [9.17, 15) is 5.11 Å². The fourth-order valence-electron chi connectivity index (χ4n) is 2.35. The van der Waals surface area contributed by atoms with E-state index < -0.39 is 5.60 Å². The minimum atomic E-state index is -0.671. The van der Waals surface area contributed by atoms with Crippen LogP contribution in [0.1, 0.15) is 38.5 Å². The molecule has 0 unspecified atom stereocenters. The third-order valence-electron chi connectivity index (χ3n) is 3.44. The van der Waals surface area contributed by atoms with Gasteiger partial charge in [0.05, 0.1) is 5.60 Å². The first-order valence-corrected chi connectivity index (χ1v) is 7.05. The summed E-state index contributed by atoms with van der Waals surface area (Å²) in [5, 5.41) is 16.5. The van der Waals surface area contributed by atoms with Gasteiger partial charge in [-0.25, -0.2) is 0 Å². The largest absolute Gasteiger partial charge is 0.388 e. The number of anilines is 2. The molecule has 3 N–H and O–H groups in total. The molecule has 1 aliphatic carbocycles. The lowest BCUT2D eigenvalue weighted by Crippen LogP contribution is -2.36. The van der Waals surface area contributed by atoms with E-state index >= 15 is 0 Å². The maximum atomic E-state index is 10.5. The zero-order valence-corrected chi connectivity index (χ0v) is 11.9. The Kier molecular flexibility index (Phi) is 4.76. The van der Waals surface area contributed by atoms with Gasteiger partial charge >= 0.3 is 0 Å². The summed E-state index contributed by atoms with van der Waals surface area (Å²) in [6, 6.07) is 0. The normalized spacial score (nSPS) is 18.7. The van der Waals surface area contributed by atoms with Crippen molar-refractivity contribution >= 4 is 23.5 Å². The van der Waals surface area contributed by atoms with Crippen LogP contribution in [-0.2, 0) is 0 Å². The van der Waals surface area contributed by atoms with Crippen molar-refractivity contribution in [1.82, 2.24) is 15.0 Å². The summed E-state index contributed by atoms with van der Waals surface area (Å²) in [6.07, 6.45) is 6.17. The first-order chi connectivity index (χ1) is 9.11. The molecule has 0 spiro atoms. The number of hydrogen-bond acceptors (Lipinski definition) is 6. The Morgan fingerprint density at radius 3 is 2.37 bits per heavy atom. The fourth-order valence-corrected chi connectivity index (χ4v) is 2.51. The highest BCUT2D eigenvalue weighted by atomic mass is 35.5. The number of aromatic nitrogens is 3. The molecule has 106 valence electrons. The Morgan fingerprint density at radius 2 is 1.74 bits per heavy atom. The van der Waals surface area contributed by atoms with Crippen molar-refractivity contribution in [2.45, 2.75) is 44.1 Å². The lowest BCUT2D eigenvalue weighted by Gasteiger charge is -2.26. The van der Waals surface area contributed by atoms with Gasteiger partial charge in [-0.15, -0.1) is 0 Å². The van der Waals surface area contributed by atoms with Crippen molar-refractivity contribution in [3.63, 3.8) is 0 Å². The molecule has 0 bridgehead atoms. The van der Waals surface area contributed by atoms with Crippen LogP contribution in [0.25, 0.3) is 0 Å². The Morgan fingerprint density at radius 1 is 1.11 bits per heavy atom. The number of rotatable bonds is 4. The van der Waals surface area contributed by atoms with Crippen LogP contribution < -0.4 is 10.6 Å². The molecule has 0 saturated heterocycles. The maximum absolute atomic E-state index is 10.5. The van der Waals surface area contributed by atoms with Gasteiger partial charge in [-0.2, -0.15) is 15.0 Å². The molecule has 2 rings (SSSR count). The number of nitrogens with zero attached hydrogens (tertiary/aromatic N) is 3. The first-order valence-electron chi connectivity index (χ1n) is 6.67. The second-order valence-electron chi connectivity index (χ2n) is 4.99. The second kappa shape index (κ2) is 6.34. The third kappa shape index (κ3) is 4.18. The quantitative estimate of drug-likeness (QED) is 0.735. The van der Waals surface area contributed by atoms with Gasteiger partial charge in [0.25, 0.3) is 0 Å². The zero-order chi connectivity index (χ0) is 13.7. The van der Waals surface area contributed by atoms with Crippen LogP contribution in [0.3, 0.4) is 0 Å². The van der Waals surface area contributed by atoms with Crippen molar-refractivity contribution < 1.29 is 5.11 Å². The van der Waals surface area contributed by atoms with E-state index in [0.717, 1.165) is 25.7 Å². The molecule has 0 amide bonds. The monoisotopic (exact) mass is 285 g/mol. The Hall–Kier alpha value is -1.14. The first kappa shape index (κ1) is 14.3. The van der Waals surface area contributed by atoms with Crippen LogP contribution in [0.4, 0.5) is 11.9 Å². The summed E-state index contributed by atoms with van der Waals surface area (Å²) in [7, 11) is 1.72. The van der Waals surface area contributed by atoms with Crippen LogP contribution in [0.2, 0.25) is 5.28 Å². The van der Waals surface area contributed by atoms with Crippen LogP contribution in [-0.4, -0.2) is 39.3 Å². The fraction of sp³-hybridized carbons (Fsp3) is 0.750. The summed E-state index contributed by atoms with van der Waals surface area (Å²) in [6.45, 7) is 0.441. The average Bonchev–Trinajstić information content (AvgIpc) is 2.61. The summed E-state index contributed by atoms with van der Waals surface area (Å²) in [4.78, 5) is 12.1. The highest BCUT2D eigenvalue weighted by molar-refractivity contribution is 6.28. The van der Waals surface area contributed by atoms with Gasteiger partial charge in [-0.05, 0) is 24.4 Å². The van der Waals surface area contributed by atoms with Crippen molar-refractivity contribution in [1.29, 1.82) is 0 Å².